The summed E-state index contributed by atoms with van der Waals surface area (Å²) >= 11 is 0. The highest BCUT2D eigenvalue weighted by molar-refractivity contribution is 5.98. The van der Waals surface area contributed by atoms with Gasteiger partial charge in [-0.25, -0.2) is 4.79 Å². The first-order valence-electron chi connectivity index (χ1n) is 6.48. The first-order chi connectivity index (χ1) is 10.2. The molecule has 0 fully saturated rings. The molecule has 0 saturated heterocycles. The predicted molar refractivity (Wildman–Crippen MR) is 82.6 cm³/mol. The molecule has 0 heterocycles. The molecule has 2 aromatic carbocycles. The van der Waals surface area contributed by atoms with Crippen LogP contribution in [-0.4, -0.2) is 20.2 Å². The van der Waals surface area contributed by atoms with Crippen molar-refractivity contribution in [1.82, 2.24) is 0 Å². The van der Waals surface area contributed by atoms with Gasteiger partial charge >= 0.3 is 5.97 Å². The number of benzene rings is 2. The maximum Gasteiger partial charge on any atom is 0.340 e. The van der Waals surface area contributed by atoms with Crippen molar-refractivity contribution in [2.24, 2.45) is 0 Å². The molecule has 0 radical (unpaired) electrons. The summed E-state index contributed by atoms with van der Waals surface area (Å²) in [5.74, 6) is -0.457. The van der Waals surface area contributed by atoms with Gasteiger partial charge in [0.1, 0.15) is 0 Å². The number of esters is 1. The van der Waals surface area contributed by atoms with Crippen molar-refractivity contribution in [3.05, 3.63) is 53.6 Å². The van der Waals surface area contributed by atoms with Crippen LogP contribution in [-0.2, 0) is 16.1 Å². The fraction of sp³-hybridized carbons (Fsp3) is 0.188. The third kappa shape index (κ3) is 3.32. The zero-order chi connectivity index (χ0) is 15.2. The van der Waals surface area contributed by atoms with Gasteiger partial charge < -0.3 is 20.5 Å². The minimum atomic E-state index is -0.457. The second kappa shape index (κ2) is 6.76. The lowest BCUT2D eigenvalue weighted by Gasteiger charge is -2.14. The standard InChI is InChI=1S/C16H18N2O3/c1-20-10-11-6-3-4-8-13(11)18-14-9-5-7-12(15(14)17)16(19)21-2/h3-9,18H,10,17H2,1-2H3. The van der Waals surface area contributed by atoms with Crippen LogP contribution in [0, 0.1) is 0 Å². The first kappa shape index (κ1) is 14.9. The molecule has 5 nitrogen and oxygen atoms in total. The molecule has 0 amide bonds. The number of hydrogen-bond donors (Lipinski definition) is 2. The summed E-state index contributed by atoms with van der Waals surface area (Å²) in [7, 11) is 2.97. The highest BCUT2D eigenvalue weighted by Crippen LogP contribution is 2.28. The van der Waals surface area contributed by atoms with Crippen LogP contribution in [0.3, 0.4) is 0 Å². The number of carbonyl (C=O) groups excluding carboxylic acids is 1. The van der Waals surface area contributed by atoms with Crippen molar-refractivity contribution in [3.8, 4) is 0 Å². The molecule has 0 unspecified atom stereocenters. The molecule has 21 heavy (non-hydrogen) atoms. The van der Waals surface area contributed by atoms with Crippen molar-refractivity contribution in [1.29, 1.82) is 0 Å². The number of rotatable bonds is 5. The van der Waals surface area contributed by atoms with Gasteiger partial charge in [0, 0.05) is 18.4 Å². The normalized spacial score (nSPS) is 10.2. The average Bonchev–Trinajstić information content (AvgIpc) is 2.51. The summed E-state index contributed by atoms with van der Waals surface area (Å²) in [6.45, 7) is 0.486. The Kier molecular flexibility index (Phi) is 4.79. The SMILES string of the molecule is COCc1ccccc1Nc1cccc(C(=O)OC)c1N. The van der Waals surface area contributed by atoms with Gasteiger partial charge in [0.15, 0.2) is 0 Å². The molecule has 0 spiro atoms. The topological polar surface area (TPSA) is 73.6 Å². The Bertz CT molecular complexity index is 641. The van der Waals surface area contributed by atoms with Crippen molar-refractivity contribution >= 4 is 23.0 Å². The average molecular weight is 286 g/mol. The minimum absolute atomic E-state index is 0.340. The number of methoxy groups -OCH3 is 2. The van der Waals surface area contributed by atoms with Gasteiger partial charge in [0.2, 0.25) is 0 Å². The van der Waals surface area contributed by atoms with Crippen LogP contribution in [0.5, 0.6) is 0 Å². The van der Waals surface area contributed by atoms with E-state index < -0.39 is 5.97 Å². The molecular weight excluding hydrogens is 268 g/mol. The van der Waals surface area contributed by atoms with Gasteiger partial charge in [-0.3, -0.25) is 0 Å². The molecule has 2 rings (SSSR count). The molecule has 0 aliphatic heterocycles. The van der Waals surface area contributed by atoms with E-state index in [1.165, 1.54) is 7.11 Å². The van der Waals surface area contributed by atoms with E-state index in [-0.39, 0.29) is 0 Å². The van der Waals surface area contributed by atoms with Gasteiger partial charge in [-0.05, 0) is 18.2 Å². The number of hydrogen-bond acceptors (Lipinski definition) is 5. The van der Waals surface area contributed by atoms with Gasteiger partial charge in [-0.1, -0.05) is 24.3 Å². The summed E-state index contributed by atoms with van der Waals surface area (Å²) < 4.78 is 9.89. The van der Waals surface area contributed by atoms with E-state index in [2.05, 4.69) is 5.32 Å². The molecule has 0 aliphatic rings. The maximum absolute atomic E-state index is 11.7. The minimum Gasteiger partial charge on any atom is -0.465 e. The van der Waals surface area contributed by atoms with Crippen LogP contribution >= 0.6 is 0 Å². The molecule has 0 bridgehead atoms. The van der Waals surface area contributed by atoms with Crippen molar-refractivity contribution in [3.63, 3.8) is 0 Å². The van der Waals surface area contributed by atoms with Gasteiger partial charge in [0.05, 0.1) is 30.7 Å². The monoisotopic (exact) mass is 286 g/mol. The number of nitrogens with two attached hydrogens (primary N) is 1. The van der Waals surface area contributed by atoms with E-state index in [1.54, 1.807) is 19.2 Å². The van der Waals surface area contributed by atoms with Crippen LogP contribution in [0.15, 0.2) is 42.5 Å². The third-order valence-electron chi connectivity index (χ3n) is 3.10. The van der Waals surface area contributed by atoms with Gasteiger partial charge in [-0.2, -0.15) is 0 Å². The largest absolute Gasteiger partial charge is 0.465 e. The van der Waals surface area contributed by atoms with Crippen LogP contribution in [0.2, 0.25) is 0 Å². The fourth-order valence-corrected chi connectivity index (χ4v) is 2.03. The number of nitrogen functional groups attached to an aromatic ring is 1. The van der Waals surface area contributed by atoms with E-state index in [1.807, 2.05) is 30.3 Å². The fourth-order valence-electron chi connectivity index (χ4n) is 2.03. The number of carbonyl (C=O) groups is 1. The molecule has 0 saturated carbocycles. The van der Waals surface area contributed by atoms with E-state index in [0.29, 0.717) is 23.5 Å². The Hall–Kier alpha value is -2.53. The lowest BCUT2D eigenvalue weighted by atomic mass is 10.1. The lowest BCUT2D eigenvalue weighted by Crippen LogP contribution is -2.08. The van der Waals surface area contributed by atoms with Crippen LogP contribution < -0.4 is 11.1 Å². The van der Waals surface area contributed by atoms with Crippen LogP contribution in [0.4, 0.5) is 17.1 Å². The zero-order valence-electron chi connectivity index (χ0n) is 12.1. The highest BCUT2D eigenvalue weighted by Gasteiger charge is 2.13. The maximum atomic E-state index is 11.7. The Morgan fingerprint density at radius 2 is 1.81 bits per heavy atom. The molecular formula is C16H18N2O3. The van der Waals surface area contributed by atoms with E-state index in [9.17, 15) is 4.79 Å². The van der Waals surface area contributed by atoms with Crippen LogP contribution in [0.25, 0.3) is 0 Å². The molecule has 0 aliphatic carbocycles. The van der Waals surface area contributed by atoms with Crippen molar-refractivity contribution in [2.75, 3.05) is 25.3 Å². The van der Waals surface area contributed by atoms with Gasteiger partial charge in [0.25, 0.3) is 0 Å². The molecule has 5 heteroatoms. The van der Waals surface area contributed by atoms with Crippen LogP contribution in [0.1, 0.15) is 15.9 Å². The third-order valence-corrected chi connectivity index (χ3v) is 3.10. The predicted octanol–water partition coefficient (Wildman–Crippen LogP) is 2.95. The molecule has 2 aromatic rings. The summed E-state index contributed by atoms with van der Waals surface area (Å²) in [5, 5.41) is 3.23. The zero-order valence-corrected chi connectivity index (χ0v) is 12.1. The van der Waals surface area contributed by atoms with E-state index >= 15 is 0 Å². The van der Waals surface area contributed by atoms with Crippen molar-refractivity contribution < 1.29 is 14.3 Å². The molecule has 3 N–H and O–H groups in total. The molecule has 0 atom stereocenters. The van der Waals surface area contributed by atoms with Gasteiger partial charge in [-0.15, -0.1) is 0 Å². The van der Waals surface area contributed by atoms with E-state index in [0.717, 1.165) is 11.3 Å². The Balaban J connectivity index is 2.34. The summed E-state index contributed by atoms with van der Waals surface area (Å²) in [5.41, 5.74) is 9.27. The summed E-state index contributed by atoms with van der Waals surface area (Å²) in [6, 6.07) is 12.9. The Morgan fingerprint density at radius 3 is 2.52 bits per heavy atom. The second-order valence-corrected chi connectivity index (χ2v) is 4.47. The number of ether oxygens (including phenoxy) is 2. The first-order valence-corrected chi connectivity index (χ1v) is 6.48. The quantitative estimate of drug-likeness (QED) is 0.653. The lowest BCUT2D eigenvalue weighted by molar-refractivity contribution is 0.0602. The molecule has 0 aromatic heterocycles. The highest BCUT2D eigenvalue weighted by atomic mass is 16.5. The molecule has 110 valence electrons. The van der Waals surface area contributed by atoms with Crippen molar-refractivity contribution in [2.45, 2.75) is 6.61 Å². The number of anilines is 3. The second-order valence-electron chi connectivity index (χ2n) is 4.47. The Labute approximate surface area is 123 Å². The summed E-state index contributed by atoms with van der Waals surface area (Å²) in [4.78, 5) is 11.7. The summed E-state index contributed by atoms with van der Waals surface area (Å²) in [6.07, 6.45) is 0. The van der Waals surface area contributed by atoms with E-state index in [4.69, 9.17) is 15.2 Å². The Morgan fingerprint density at radius 1 is 1.10 bits per heavy atom. The number of para-hydroxylation sites is 2. The number of nitrogens with one attached hydrogen (secondary N) is 1. The smallest absolute Gasteiger partial charge is 0.340 e.